The van der Waals surface area contributed by atoms with Crippen LogP contribution in [0.4, 0.5) is 0 Å². The van der Waals surface area contributed by atoms with Gasteiger partial charge in [-0.05, 0) is 44.1 Å². The highest BCUT2D eigenvalue weighted by molar-refractivity contribution is 7.98. The monoisotopic (exact) mass is 339 g/mol. The first kappa shape index (κ1) is 16.8. The fraction of sp³-hybridized carbons (Fsp3) is 0.250. The molecule has 0 radical (unpaired) electrons. The van der Waals surface area contributed by atoms with Crippen LogP contribution in [0.2, 0.25) is 0 Å². The zero-order valence-electron chi connectivity index (χ0n) is 14.6. The van der Waals surface area contributed by atoms with Crippen molar-refractivity contribution in [2.45, 2.75) is 11.6 Å². The summed E-state index contributed by atoms with van der Waals surface area (Å²) in [6, 6.07) is 16.9. The molecule has 1 N–H and O–H groups in total. The Morgan fingerprint density at radius 2 is 1.79 bits per heavy atom. The summed E-state index contributed by atoms with van der Waals surface area (Å²) in [7, 11) is 5.91. The predicted molar refractivity (Wildman–Crippen MR) is 102 cm³/mol. The van der Waals surface area contributed by atoms with Gasteiger partial charge in [0.1, 0.15) is 5.75 Å². The molecule has 0 unspecified atom stereocenters. The predicted octanol–water partition coefficient (Wildman–Crippen LogP) is 4.11. The van der Waals surface area contributed by atoms with Crippen LogP contribution in [0.25, 0.3) is 21.9 Å². The maximum Gasteiger partial charge on any atom is 0.246 e. The van der Waals surface area contributed by atoms with E-state index in [4.69, 9.17) is 4.74 Å². The number of H-pyrrole nitrogens is 1. The van der Waals surface area contributed by atoms with Crippen LogP contribution in [0.15, 0.2) is 53.6 Å². The minimum absolute atomic E-state index is 0.852. The van der Waals surface area contributed by atoms with Gasteiger partial charge in [-0.15, -0.1) is 0 Å². The number of benzene rings is 2. The number of nitrogens with one attached hydrogen (secondary N) is 1. The van der Waals surface area contributed by atoms with Crippen LogP contribution in [0.5, 0.6) is 5.75 Å². The second-order valence-electron chi connectivity index (χ2n) is 6.03. The Labute approximate surface area is 147 Å². The molecule has 0 aliphatic carbocycles. The van der Waals surface area contributed by atoms with Gasteiger partial charge in [0, 0.05) is 5.39 Å². The number of aromatic amines is 1. The number of thioether (sulfide) groups is 1. The van der Waals surface area contributed by atoms with Crippen molar-refractivity contribution in [2.24, 2.45) is 0 Å². The average Bonchev–Trinajstić information content (AvgIpc) is 2.60. The summed E-state index contributed by atoms with van der Waals surface area (Å²) in [6.07, 6.45) is 2.11. The molecular formula is C20H23N2OS+. The summed E-state index contributed by atoms with van der Waals surface area (Å²) in [4.78, 5) is 5.84. The number of ether oxygens (including phenoxy) is 1. The molecule has 3 nitrogen and oxygen atoms in total. The lowest BCUT2D eigenvalue weighted by Gasteiger charge is -2.14. The van der Waals surface area contributed by atoms with Gasteiger partial charge >= 0.3 is 0 Å². The van der Waals surface area contributed by atoms with E-state index < -0.39 is 0 Å². The van der Waals surface area contributed by atoms with E-state index in [1.807, 2.05) is 6.07 Å². The van der Waals surface area contributed by atoms with Gasteiger partial charge in [-0.25, -0.2) is 4.98 Å². The van der Waals surface area contributed by atoms with Gasteiger partial charge in [0.2, 0.25) is 10.7 Å². The van der Waals surface area contributed by atoms with Crippen LogP contribution >= 0.6 is 11.8 Å². The number of fused-ring (bicyclic) bond motifs is 1. The average molecular weight is 339 g/mol. The summed E-state index contributed by atoms with van der Waals surface area (Å²) in [5, 5.41) is 3.63. The van der Waals surface area contributed by atoms with Gasteiger partial charge in [0.05, 0.1) is 24.6 Å². The Hall–Kier alpha value is -2.04. The van der Waals surface area contributed by atoms with E-state index in [1.165, 1.54) is 32.6 Å². The number of aromatic nitrogens is 1. The summed E-state index contributed by atoms with van der Waals surface area (Å²) in [5.41, 5.74) is 3.68. The number of pyridine rings is 1. The number of hydrogen-bond acceptors (Lipinski definition) is 3. The molecule has 0 fully saturated rings. The highest BCUT2D eigenvalue weighted by atomic mass is 32.2. The summed E-state index contributed by atoms with van der Waals surface area (Å²) in [5.74, 6) is 0.883. The molecule has 0 amide bonds. The fourth-order valence-corrected chi connectivity index (χ4v) is 3.64. The van der Waals surface area contributed by atoms with Crippen molar-refractivity contribution in [3.63, 3.8) is 0 Å². The molecule has 0 aliphatic heterocycles. The molecule has 24 heavy (non-hydrogen) atoms. The van der Waals surface area contributed by atoms with Gasteiger partial charge in [-0.1, -0.05) is 42.1 Å². The molecular weight excluding hydrogens is 316 g/mol. The molecule has 0 saturated heterocycles. The summed E-state index contributed by atoms with van der Waals surface area (Å²) in [6.45, 7) is 0.852. The van der Waals surface area contributed by atoms with Crippen LogP contribution in [0.3, 0.4) is 0 Å². The molecule has 124 valence electrons. The van der Waals surface area contributed by atoms with E-state index in [1.54, 1.807) is 18.9 Å². The first-order chi connectivity index (χ1) is 11.6. The van der Waals surface area contributed by atoms with E-state index >= 15 is 0 Å². The second-order valence-corrected chi connectivity index (χ2v) is 6.84. The molecule has 0 spiro atoms. The Bertz CT molecular complexity index is 847. The van der Waals surface area contributed by atoms with Gasteiger partial charge in [0.25, 0.3) is 0 Å². The van der Waals surface area contributed by atoms with Crippen molar-refractivity contribution >= 4 is 22.5 Å². The number of hydrogen-bond donors (Lipinski definition) is 0. The maximum atomic E-state index is 5.48. The number of nitrogens with zero attached hydrogens (tertiary/aromatic N) is 1. The third-order valence-corrected chi connectivity index (χ3v) is 4.78. The standard InChI is InChI=1S/C20H22N2OS/c1-22(2)13-18-19(14-8-6-5-7-9-14)17-12-15(23-3)10-11-16(17)20(21-18)24-4/h5-12H,13H2,1-4H3/p+1. The van der Waals surface area contributed by atoms with Gasteiger partial charge in [0.15, 0.2) is 0 Å². The smallest absolute Gasteiger partial charge is 0.246 e. The quantitative estimate of drug-likeness (QED) is 0.654. The van der Waals surface area contributed by atoms with Crippen LogP contribution in [0, 0.1) is 0 Å². The number of methoxy groups -OCH3 is 1. The Kier molecular flexibility index (Phi) is 5.07. The van der Waals surface area contributed by atoms with Crippen molar-refractivity contribution in [2.75, 3.05) is 27.5 Å². The third-order valence-electron chi connectivity index (χ3n) is 4.05. The molecule has 0 aliphatic rings. The first-order valence-electron chi connectivity index (χ1n) is 7.94. The van der Waals surface area contributed by atoms with Crippen molar-refractivity contribution in [1.82, 2.24) is 4.90 Å². The van der Waals surface area contributed by atoms with Crippen molar-refractivity contribution in [3.8, 4) is 16.9 Å². The largest absolute Gasteiger partial charge is 0.497 e. The third kappa shape index (κ3) is 3.25. The SMILES string of the molecule is COc1ccc2c(SC)[nH+]c(CN(C)C)c(-c3ccccc3)c2c1. The lowest BCUT2D eigenvalue weighted by atomic mass is 9.97. The van der Waals surface area contributed by atoms with Crippen molar-refractivity contribution in [1.29, 1.82) is 0 Å². The molecule has 1 heterocycles. The lowest BCUT2D eigenvalue weighted by Crippen LogP contribution is -2.23. The topological polar surface area (TPSA) is 26.6 Å². The zero-order valence-corrected chi connectivity index (χ0v) is 15.4. The molecule has 1 aromatic heterocycles. The Morgan fingerprint density at radius 1 is 1.04 bits per heavy atom. The number of rotatable bonds is 5. The van der Waals surface area contributed by atoms with Crippen LogP contribution in [-0.2, 0) is 6.54 Å². The van der Waals surface area contributed by atoms with Gasteiger partial charge < -0.3 is 4.74 Å². The Morgan fingerprint density at radius 3 is 2.42 bits per heavy atom. The summed E-state index contributed by atoms with van der Waals surface area (Å²) < 4.78 is 5.48. The summed E-state index contributed by atoms with van der Waals surface area (Å²) >= 11 is 1.74. The van der Waals surface area contributed by atoms with Crippen molar-refractivity contribution in [3.05, 3.63) is 54.2 Å². The molecule has 2 aromatic carbocycles. The highest BCUT2D eigenvalue weighted by Crippen LogP contribution is 2.35. The van der Waals surface area contributed by atoms with E-state index in [-0.39, 0.29) is 0 Å². The van der Waals surface area contributed by atoms with E-state index in [2.05, 4.69) is 72.7 Å². The minimum Gasteiger partial charge on any atom is -0.497 e. The van der Waals surface area contributed by atoms with E-state index in [0.717, 1.165) is 12.3 Å². The van der Waals surface area contributed by atoms with Gasteiger partial charge in [-0.2, -0.15) is 0 Å². The molecule has 0 saturated carbocycles. The highest BCUT2D eigenvalue weighted by Gasteiger charge is 2.21. The normalized spacial score (nSPS) is 11.2. The van der Waals surface area contributed by atoms with E-state index in [0.29, 0.717) is 0 Å². The second kappa shape index (κ2) is 7.24. The fourth-order valence-electron chi connectivity index (χ4n) is 3.01. The minimum atomic E-state index is 0.852. The first-order valence-corrected chi connectivity index (χ1v) is 9.16. The van der Waals surface area contributed by atoms with Gasteiger partial charge in [-0.3, -0.25) is 4.90 Å². The molecule has 0 bridgehead atoms. The molecule has 0 atom stereocenters. The molecule has 3 rings (SSSR count). The molecule has 3 aromatic rings. The lowest BCUT2D eigenvalue weighted by molar-refractivity contribution is -0.435. The Balaban J connectivity index is 2.38. The zero-order chi connectivity index (χ0) is 17.1. The molecule has 4 heteroatoms. The van der Waals surface area contributed by atoms with Crippen LogP contribution < -0.4 is 9.72 Å². The van der Waals surface area contributed by atoms with Crippen molar-refractivity contribution < 1.29 is 9.72 Å². The van der Waals surface area contributed by atoms with Crippen LogP contribution in [-0.4, -0.2) is 32.4 Å². The van der Waals surface area contributed by atoms with E-state index in [9.17, 15) is 0 Å². The maximum absolute atomic E-state index is 5.48. The van der Waals surface area contributed by atoms with Crippen LogP contribution in [0.1, 0.15) is 5.69 Å².